The van der Waals surface area contributed by atoms with E-state index < -0.39 is 0 Å². The van der Waals surface area contributed by atoms with Crippen LogP contribution in [0.4, 0.5) is 0 Å². The van der Waals surface area contributed by atoms with Gasteiger partial charge in [-0.2, -0.15) is 0 Å². The Morgan fingerprint density at radius 3 is 2.00 bits per heavy atom. The van der Waals surface area contributed by atoms with E-state index in [0.29, 0.717) is 6.61 Å². The normalized spacial score (nSPS) is 11.0. The quantitative estimate of drug-likeness (QED) is 0.288. The van der Waals surface area contributed by atoms with E-state index in [2.05, 4.69) is 113 Å². The number of nitrogens with two attached hydrogens (primary N) is 1. The van der Waals surface area contributed by atoms with Crippen LogP contribution in [0.5, 0.6) is 5.75 Å². The Morgan fingerprint density at radius 1 is 0.719 bits per heavy atom. The molecule has 2 aromatic heterocycles. The van der Waals surface area contributed by atoms with Gasteiger partial charge >= 0.3 is 0 Å². The lowest BCUT2D eigenvalue weighted by Gasteiger charge is -2.06. The van der Waals surface area contributed by atoms with Crippen molar-refractivity contribution < 1.29 is 19.2 Å². The van der Waals surface area contributed by atoms with E-state index in [1.54, 1.807) is 0 Å². The van der Waals surface area contributed by atoms with Crippen LogP contribution in [0.2, 0.25) is 0 Å². The number of nitrogens with zero attached hydrogens (tertiary/aromatic N) is 2. The maximum Gasteiger partial charge on any atom is 0.169 e. The summed E-state index contributed by atoms with van der Waals surface area (Å²) in [6, 6.07) is 23.5. The Hall–Kier alpha value is -3.24. The van der Waals surface area contributed by atoms with Crippen LogP contribution in [0.15, 0.2) is 91.5 Å². The van der Waals surface area contributed by atoms with Crippen molar-refractivity contribution in [3.05, 3.63) is 91.5 Å². The smallest absolute Gasteiger partial charge is 0.169 e. The molecule has 0 radical (unpaired) electrons. The molecule has 4 heteroatoms. The minimum atomic E-state index is 0.710. The van der Waals surface area contributed by atoms with Gasteiger partial charge < -0.3 is 10.1 Å². The van der Waals surface area contributed by atoms with Crippen molar-refractivity contribution in [1.82, 2.24) is 0 Å². The Balaban J connectivity index is 1.23. The van der Waals surface area contributed by atoms with E-state index in [1.807, 2.05) is 0 Å². The van der Waals surface area contributed by atoms with Crippen LogP contribution >= 0.6 is 0 Å². The van der Waals surface area contributed by atoms with Gasteiger partial charge in [-0.15, -0.1) is 0 Å². The van der Waals surface area contributed by atoms with Gasteiger partial charge in [0, 0.05) is 30.7 Å². The summed E-state index contributed by atoms with van der Waals surface area (Å²) in [6.45, 7) is 7.28. The van der Waals surface area contributed by atoms with Crippen LogP contribution in [0.3, 0.4) is 0 Å². The van der Waals surface area contributed by atoms with Gasteiger partial charge in [-0.1, -0.05) is 30.3 Å². The lowest BCUT2D eigenvalue weighted by atomic mass is 10.1. The number of hydrogen-bond acceptors (Lipinski definition) is 1. The minimum Gasteiger partial charge on any atom is -0.493 e. The molecule has 0 aliphatic heterocycles. The maximum atomic E-state index is 5.96. The molecular formula is C28H34N3O+3. The number of rotatable bonds is 11. The molecule has 2 N–H and O–H groups in total. The predicted octanol–water partition coefficient (Wildman–Crippen LogP) is 3.52. The predicted molar refractivity (Wildman–Crippen MR) is 128 cm³/mol. The van der Waals surface area contributed by atoms with E-state index in [0.717, 1.165) is 31.8 Å². The molecule has 0 aliphatic rings. The van der Waals surface area contributed by atoms with Crippen molar-refractivity contribution in [3.8, 4) is 16.9 Å². The summed E-state index contributed by atoms with van der Waals surface area (Å²) in [7, 11) is 0. The summed E-state index contributed by atoms with van der Waals surface area (Å²) in [5.74, 6) is 0.939. The summed E-state index contributed by atoms with van der Waals surface area (Å²) in [4.78, 5) is 0. The first-order valence-corrected chi connectivity index (χ1v) is 11.7. The lowest BCUT2D eigenvalue weighted by molar-refractivity contribution is -0.709. The molecular weight excluding hydrogens is 394 g/mol. The van der Waals surface area contributed by atoms with E-state index in [4.69, 9.17) is 4.74 Å². The third kappa shape index (κ3) is 6.14. The zero-order chi connectivity index (χ0) is 22.0. The van der Waals surface area contributed by atoms with Crippen LogP contribution in [0.25, 0.3) is 21.9 Å². The SMILES string of the molecule is CC[NH2+]CCC[n+]1ccc(-c2cc[n+](CCCOc3ccc4ccccc4c3)cc2)cc1. The van der Waals surface area contributed by atoms with Crippen LogP contribution in [0, 0.1) is 0 Å². The molecule has 2 aromatic carbocycles. The summed E-state index contributed by atoms with van der Waals surface area (Å²) < 4.78 is 10.5. The van der Waals surface area contributed by atoms with Gasteiger partial charge in [-0.25, -0.2) is 9.13 Å². The summed E-state index contributed by atoms with van der Waals surface area (Å²) in [5.41, 5.74) is 2.51. The van der Waals surface area contributed by atoms with Crippen LogP contribution < -0.4 is 19.2 Å². The highest BCUT2D eigenvalue weighted by Gasteiger charge is 2.06. The molecule has 164 valence electrons. The molecule has 2 heterocycles. The number of aryl methyl sites for hydroxylation is 2. The van der Waals surface area contributed by atoms with Crippen LogP contribution in [-0.4, -0.2) is 19.7 Å². The third-order valence-corrected chi connectivity index (χ3v) is 5.78. The van der Waals surface area contributed by atoms with E-state index >= 15 is 0 Å². The summed E-state index contributed by atoms with van der Waals surface area (Å²) in [6.07, 6.45) is 10.9. The Labute approximate surface area is 191 Å². The molecule has 32 heavy (non-hydrogen) atoms. The Bertz CT molecular complexity index is 1110. The second-order valence-corrected chi connectivity index (χ2v) is 8.20. The molecule has 0 amide bonds. The van der Waals surface area contributed by atoms with Gasteiger partial charge in [0.2, 0.25) is 0 Å². The molecule has 0 spiro atoms. The van der Waals surface area contributed by atoms with E-state index in [1.165, 1.54) is 34.9 Å². The third-order valence-electron chi connectivity index (χ3n) is 5.78. The van der Waals surface area contributed by atoms with Crippen molar-refractivity contribution >= 4 is 10.8 Å². The molecule has 0 fully saturated rings. The lowest BCUT2D eigenvalue weighted by Crippen LogP contribution is -2.83. The molecule has 0 aliphatic carbocycles. The topological polar surface area (TPSA) is 33.6 Å². The van der Waals surface area contributed by atoms with Crippen molar-refractivity contribution in [2.24, 2.45) is 0 Å². The van der Waals surface area contributed by atoms with Gasteiger partial charge in [0.15, 0.2) is 37.9 Å². The summed E-state index contributed by atoms with van der Waals surface area (Å²) >= 11 is 0. The Morgan fingerprint density at radius 2 is 1.34 bits per heavy atom. The Kier molecular flexibility index (Phi) is 7.83. The highest BCUT2D eigenvalue weighted by molar-refractivity contribution is 5.83. The fourth-order valence-electron chi connectivity index (χ4n) is 3.91. The zero-order valence-corrected chi connectivity index (χ0v) is 19.0. The first-order valence-electron chi connectivity index (χ1n) is 11.7. The molecule has 4 rings (SSSR count). The number of aromatic nitrogens is 2. The first kappa shape index (κ1) is 22.0. The van der Waals surface area contributed by atoms with E-state index in [-0.39, 0.29) is 0 Å². The second-order valence-electron chi connectivity index (χ2n) is 8.20. The average Bonchev–Trinajstić information content (AvgIpc) is 2.85. The first-order chi connectivity index (χ1) is 15.8. The standard InChI is InChI=1S/C28H33N3O/c1-2-29-15-5-16-30-18-11-25(12-19-30)26-13-20-31(21-14-26)17-6-22-32-28-10-9-24-7-3-4-8-27(24)23-28/h3-4,7-14,18-21,23,29H,2,5-6,15-17,22H2,1H3/q+2/p+1. The number of benzene rings is 2. The number of pyridine rings is 2. The van der Waals surface area contributed by atoms with Crippen molar-refractivity contribution in [3.63, 3.8) is 0 Å². The van der Waals surface area contributed by atoms with Crippen LogP contribution in [-0.2, 0) is 13.1 Å². The number of ether oxygens (including phenoxy) is 1. The largest absolute Gasteiger partial charge is 0.493 e. The van der Waals surface area contributed by atoms with Gasteiger partial charge in [-0.05, 0) is 41.0 Å². The maximum absolute atomic E-state index is 5.96. The zero-order valence-electron chi connectivity index (χ0n) is 19.0. The van der Waals surface area contributed by atoms with Crippen molar-refractivity contribution in [1.29, 1.82) is 0 Å². The average molecular weight is 429 g/mol. The van der Waals surface area contributed by atoms with Gasteiger partial charge in [0.25, 0.3) is 0 Å². The molecule has 0 atom stereocenters. The second kappa shape index (κ2) is 11.4. The monoisotopic (exact) mass is 428 g/mol. The van der Waals surface area contributed by atoms with Crippen molar-refractivity contribution in [2.75, 3.05) is 19.7 Å². The van der Waals surface area contributed by atoms with Crippen molar-refractivity contribution in [2.45, 2.75) is 32.9 Å². The number of quaternary nitrogens is 1. The van der Waals surface area contributed by atoms with Gasteiger partial charge in [-0.3, -0.25) is 0 Å². The summed E-state index contributed by atoms with van der Waals surface area (Å²) in [5, 5.41) is 4.81. The van der Waals surface area contributed by atoms with Crippen LogP contribution in [0.1, 0.15) is 19.8 Å². The molecule has 4 aromatic rings. The van der Waals surface area contributed by atoms with Gasteiger partial charge in [0.1, 0.15) is 5.75 Å². The van der Waals surface area contributed by atoms with E-state index in [9.17, 15) is 0 Å². The molecule has 0 saturated heterocycles. The highest BCUT2D eigenvalue weighted by atomic mass is 16.5. The van der Waals surface area contributed by atoms with Gasteiger partial charge in [0.05, 0.1) is 26.1 Å². The molecule has 0 bridgehead atoms. The highest BCUT2D eigenvalue weighted by Crippen LogP contribution is 2.20. The molecule has 4 nitrogen and oxygen atoms in total. The fourth-order valence-corrected chi connectivity index (χ4v) is 3.91. The fraction of sp³-hybridized carbons (Fsp3) is 0.286. The number of fused-ring (bicyclic) bond motifs is 1. The molecule has 0 unspecified atom stereocenters. The number of hydrogen-bond donors (Lipinski definition) is 1. The minimum absolute atomic E-state index is 0.710. The molecule has 0 saturated carbocycles.